The van der Waals surface area contributed by atoms with E-state index in [1.165, 1.54) is 13.4 Å². The maximum Gasteiger partial charge on any atom is 0.376 e. The van der Waals surface area contributed by atoms with E-state index in [-0.39, 0.29) is 23.7 Å². The third kappa shape index (κ3) is 3.63. The minimum Gasteiger partial charge on any atom is -0.463 e. The molecule has 1 aliphatic carbocycles. The number of carbonyl (C=O) groups excluding carboxylic acids is 2. The zero-order chi connectivity index (χ0) is 22.2. The van der Waals surface area contributed by atoms with Crippen LogP contribution < -0.4 is 5.32 Å². The minimum atomic E-state index is -0.594. The average molecular weight is 436 g/mol. The summed E-state index contributed by atoms with van der Waals surface area (Å²) < 4.78 is 6.61. The molecule has 1 saturated heterocycles. The summed E-state index contributed by atoms with van der Waals surface area (Å²) in [6.07, 6.45) is 7.51. The van der Waals surface area contributed by atoms with Crippen LogP contribution in [0.5, 0.6) is 0 Å². The van der Waals surface area contributed by atoms with Gasteiger partial charge in [-0.25, -0.2) is 29.7 Å². The Morgan fingerprint density at radius 1 is 1.16 bits per heavy atom. The first-order valence-electron chi connectivity index (χ1n) is 10.8. The molecule has 32 heavy (non-hydrogen) atoms. The quantitative estimate of drug-likeness (QED) is 0.572. The Balaban J connectivity index is 1.42. The first kappa shape index (κ1) is 20.3. The van der Waals surface area contributed by atoms with Crippen LogP contribution in [0.3, 0.4) is 0 Å². The van der Waals surface area contributed by atoms with E-state index in [9.17, 15) is 9.59 Å². The van der Waals surface area contributed by atoms with E-state index in [1.807, 2.05) is 16.4 Å². The van der Waals surface area contributed by atoms with Crippen molar-refractivity contribution < 1.29 is 14.3 Å². The fraction of sp³-hybridized carbons (Fsp3) is 0.476. The molecule has 1 N–H and O–H groups in total. The molecule has 2 fully saturated rings. The molecular weight excluding hydrogens is 412 g/mol. The number of methoxy groups -OCH3 is 1. The highest BCUT2D eigenvalue weighted by molar-refractivity contribution is 5.87. The molecule has 3 aromatic rings. The standard InChI is InChI=1S/C21H24N8O3/c1-3-29-18(13-8-22-17(23-9-13)21(31)32-2)27-15-16(24-11-25-19(15)29)26-14-6-7-28(10-14)20(30)12-4-5-12/h8-9,11-12,14H,3-7,10H2,1-2H3,(H,24,25,26). The summed E-state index contributed by atoms with van der Waals surface area (Å²) in [6, 6.07) is 0.119. The van der Waals surface area contributed by atoms with Gasteiger partial charge in [0.15, 0.2) is 17.0 Å². The number of fused-ring (bicyclic) bond motifs is 1. The molecule has 1 unspecified atom stereocenters. The topological polar surface area (TPSA) is 128 Å². The number of aromatic nitrogens is 6. The molecule has 1 aliphatic heterocycles. The van der Waals surface area contributed by atoms with Gasteiger partial charge in [0.25, 0.3) is 0 Å². The normalized spacial score (nSPS) is 18.2. The van der Waals surface area contributed by atoms with Crippen LogP contribution in [0.1, 0.15) is 36.8 Å². The van der Waals surface area contributed by atoms with Crippen molar-refractivity contribution in [3.05, 3.63) is 24.5 Å². The molecule has 1 saturated carbocycles. The van der Waals surface area contributed by atoms with Crippen LogP contribution in [0.25, 0.3) is 22.6 Å². The third-order valence-corrected chi connectivity index (χ3v) is 5.89. The van der Waals surface area contributed by atoms with Gasteiger partial charge in [-0.2, -0.15) is 0 Å². The molecule has 166 valence electrons. The van der Waals surface area contributed by atoms with Gasteiger partial charge in [0.2, 0.25) is 11.7 Å². The van der Waals surface area contributed by atoms with Gasteiger partial charge in [0.1, 0.15) is 12.2 Å². The Hall–Kier alpha value is -3.63. The molecule has 11 heteroatoms. The Morgan fingerprint density at radius 2 is 1.94 bits per heavy atom. The molecule has 0 radical (unpaired) electrons. The van der Waals surface area contributed by atoms with Crippen LogP contribution in [0, 0.1) is 5.92 Å². The van der Waals surface area contributed by atoms with E-state index >= 15 is 0 Å². The number of nitrogens with zero attached hydrogens (tertiary/aromatic N) is 7. The van der Waals surface area contributed by atoms with Crippen LogP contribution in [0.4, 0.5) is 5.82 Å². The summed E-state index contributed by atoms with van der Waals surface area (Å²) in [7, 11) is 1.29. The predicted octanol–water partition coefficient (Wildman–Crippen LogP) is 1.51. The van der Waals surface area contributed by atoms with Crippen molar-refractivity contribution in [1.82, 2.24) is 34.4 Å². The van der Waals surface area contributed by atoms with Gasteiger partial charge in [0, 0.05) is 44.0 Å². The Morgan fingerprint density at radius 3 is 2.62 bits per heavy atom. The lowest BCUT2D eigenvalue weighted by molar-refractivity contribution is -0.131. The van der Waals surface area contributed by atoms with Gasteiger partial charge in [-0.3, -0.25) is 4.79 Å². The zero-order valence-corrected chi connectivity index (χ0v) is 18.0. The zero-order valence-electron chi connectivity index (χ0n) is 18.0. The molecule has 11 nitrogen and oxygen atoms in total. The maximum atomic E-state index is 12.4. The van der Waals surface area contributed by atoms with Crippen LogP contribution in [-0.2, 0) is 16.1 Å². The summed E-state index contributed by atoms with van der Waals surface area (Å²) in [4.78, 5) is 47.8. The monoisotopic (exact) mass is 436 g/mol. The van der Waals surface area contributed by atoms with Crippen molar-refractivity contribution in [2.75, 3.05) is 25.5 Å². The van der Waals surface area contributed by atoms with Crippen molar-refractivity contribution >= 4 is 28.9 Å². The van der Waals surface area contributed by atoms with Crippen molar-refractivity contribution in [3.8, 4) is 11.4 Å². The molecule has 2 aliphatic rings. The number of carbonyl (C=O) groups is 2. The summed E-state index contributed by atoms with van der Waals surface area (Å²) in [6.45, 7) is 4.07. The second-order valence-electron chi connectivity index (χ2n) is 8.05. The average Bonchev–Trinajstić information content (AvgIpc) is 3.45. The van der Waals surface area contributed by atoms with Crippen LogP contribution in [0.2, 0.25) is 0 Å². The lowest BCUT2D eigenvalue weighted by atomic mass is 10.2. The van der Waals surface area contributed by atoms with Crippen LogP contribution in [0.15, 0.2) is 18.7 Å². The number of ether oxygens (including phenoxy) is 1. The number of imidazole rings is 1. The van der Waals surface area contributed by atoms with Gasteiger partial charge in [-0.1, -0.05) is 0 Å². The van der Waals surface area contributed by atoms with E-state index < -0.39 is 5.97 Å². The number of hydrogen-bond donors (Lipinski definition) is 1. The van der Waals surface area contributed by atoms with Crippen molar-refractivity contribution in [2.45, 2.75) is 38.8 Å². The highest BCUT2D eigenvalue weighted by atomic mass is 16.5. The van der Waals surface area contributed by atoms with Gasteiger partial charge >= 0.3 is 5.97 Å². The minimum absolute atomic E-state index is 0.0101. The van der Waals surface area contributed by atoms with Gasteiger partial charge in [-0.05, 0) is 26.2 Å². The number of esters is 1. The first-order chi connectivity index (χ1) is 15.6. The molecule has 0 aromatic carbocycles. The highest BCUT2D eigenvalue weighted by Gasteiger charge is 2.36. The summed E-state index contributed by atoms with van der Waals surface area (Å²) >= 11 is 0. The maximum absolute atomic E-state index is 12.4. The fourth-order valence-electron chi connectivity index (χ4n) is 4.06. The number of nitrogens with one attached hydrogen (secondary N) is 1. The molecule has 0 bridgehead atoms. The first-order valence-corrected chi connectivity index (χ1v) is 10.8. The highest BCUT2D eigenvalue weighted by Crippen LogP contribution is 2.33. The predicted molar refractivity (Wildman–Crippen MR) is 115 cm³/mol. The second-order valence-corrected chi connectivity index (χ2v) is 8.05. The number of likely N-dealkylation sites (tertiary alicyclic amines) is 1. The summed E-state index contributed by atoms with van der Waals surface area (Å²) in [5, 5.41) is 3.46. The van der Waals surface area contributed by atoms with Crippen molar-refractivity contribution in [3.63, 3.8) is 0 Å². The smallest absolute Gasteiger partial charge is 0.376 e. The SMILES string of the molecule is CCn1c(-c2cnc(C(=O)OC)nc2)nc2c(NC3CCN(C(=O)C4CC4)C3)ncnc21. The fourth-order valence-corrected chi connectivity index (χ4v) is 4.06. The van der Waals surface area contributed by atoms with Gasteiger partial charge in [0.05, 0.1) is 12.7 Å². The molecular formula is C21H24N8O3. The Kier molecular flexibility index (Phi) is 5.16. The number of hydrogen-bond acceptors (Lipinski definition) is 9. The summed E-state index contributed by atoms with van der Waals surface area (Å²) in [5.41, 5.74) is 2.00. The van der Waals surface area contributed by atoms with Crippen LogP contribution >= 0.6 is 0 Å². The van der Waals surface area contributed by atoms with Gasteiger partial charge in [-0.15, -0.1) is 0 Å². The van der Waals surface area contributed by atoms with Crippen molar-refractivity contribution in [1.29, 1.82) is 0 Å². The van der Waals surface area contributed by atoms with E-state index in [4.69, 9.17) is 4.98 Å². The largest absolute Gasteiger partial charge is 0.463 e. The van der Waals surface area contributed by atoms with E-state index in [2.05, 4.69) is 30.0 Å². The molecule has 5 rings (SSSR count). The summed E-state index contributed by atoms with van der Waals surface area (Å²) in [5.74, 6) is 1.18. The van der Waals surface area contributed by atoms with E-state index in [0.29, 0.717) is 41.5 Å². The van der Waals surface area contributed by atoms with Crippen molar-refractivity contribution in [2.24, 2.45) is 5.92 Å². The number of aryl methyl sites for hydroxylation is 1. The van der Waals surface area contributed by atoms with E-state index in [0.717, 1.165) is 25.8 Å². The molecule has 4 heterocycles. The number of amides is 1. The molecule has 3 aromatic heterocycles. The Labute approximate surface area is 184 Å². The number of rotatable bonds is 6. The molecule has 0 spiro atoms. The third-order valence-electron chi connectivity index (χ3n) is 5.89. The lowest BCUT2D eigenvalue weighted by Gasteiger charge is -2.17. The Bertz CT molecular complexity index is 1170. The second kappa shape index (κ2) is 8.13. The van der Waals surface area contributed by atoms with Crippen LogP contribution in [-0.4, -0.2) is 72.5 Å². The van der Waals surface area contributed by atoms with E-state index in [1.54, 1.807) is 12.4 Å². The lowest BCUT2D eigenvalue weighted by Crippen LogP contribution is -2.32. The van der Waals surface area contributed by atoms with Gasteiger partial charge < -0.3 is 19.5 Å². The molecule has 1 amide bonds. The molecule has 1 atom stereocenters. The number of anilines is 1.